The number of carbonyl (C=O) groups excluding carboxylic acids is 2. The Kier molecular flexibility index (Phi) is 5.66. The van der Waals surface area contributed by atoms with E-state index in [-0.39, 0.29) is 28.3 Å². The quantitative estimate of drug-likeness (QED) is 0.306. The minimum Gasteiger partial charge on any atom is -0.477 e. The number of carbonyl (C=O) groups is 3. The first kappa shape index (κ1) is 20.6. The van der Waals surface area contributed by atoms with E-state index in [2.05, 4.69) is 15.5 Å². The molecule has 0 aliphatic carbocycles. The van der Waals surface area contributed by atoms with E-state index in [9.17, 15) is 19.5 Å². The van der Waals surface area contributed by atoms with Gasteiger partial charge >= 0.3 is 5.97 Å². The topological polar surface area (TPSA) is 156 Å². The van der Waals surface area contributed by atoms with Crippen LogP contribution in [0.4, 0.5) is 5.13 Å². The van der Waals surface area contributed by atoms with Gasteiger partial charge in [-0.05, 0) is 18.4 Å². The summed E-state index contributed by atoms with van der Waals surface area (Å²) in [5, 5.41) is 17.3. The maximum absolute atomic E-state index is 12.8. The predicted molar refractivity (Wildman–Crippen MR) is 109 cm³/mol. The number of hydrogen-bond donors (Lipinski definition) is 3. The first-order valence-corrected chi connectivity index (χ1v) is 11.0. The van der Waals surface area contributed by atoms with Gasteiger partial charge in [0.2, 0.25) is 0 Å². The van der Waals surface area contributed by atoms with Crippen molar-refractivity contribution in [1.29, 1.82) is 0 Å². The van der Waals surface area contributed by atoms with Crippen LogP contribution in [0.3, 0.4) is 0 Å². The second-order valence-corrected chi connectivity index (χ2v) is 8.73. The van der Waals surface area contributed by atoms with Gasteiger partial charge in [-0.15, -0.1) is 23.1 Å². The van der Waals surface area contributed by atoms with Crippen molar-refractivity contribution in [1.82, 2.24) is 15.2 Å². The number of anilines is 1. The number of carboxylic acids is 1. The minimum atomic E-state index is -1.18. The van der Waals surface area contributed by atoms with Gasteiger partial charge in [0.25, 0.3) is 11.8 Å². The van der Waals surface area contributed by atoms with Crippen LogP contribution in [0.1, 0.15) is 18.5 Å². The molecule has 4 heterocycles. The average Bonchev–Trinajstić information content (AvgIpc) is 3.40. The Bertz CT molecular complexity index is 954. The molecule has 0 saturated carbocycles. The van der Waals surface area contributed by atoms with E-state index < -0.39 is 29.2 Å². The smallest absolute Gasteiger partial charge is 0.352 e. The number of nitrogens with zero attached hydrogens (tertiary/aromatic N) is 3. The summed E-state index contributed by atoms with van der Waals surface area (Å²) in [5.74, 6) is -1.92. The van der Waals surface area contributed by atoms with Crippen molar-refractivity contribution < 1.29 is 29.1 Å². The van der Waals surface area contributed by atoms with Crippen molar-refractivity contribution in [3.8, 4) is 0 Å². The SMILES string of the molecule is CO/N=C(/C(=O)N[C@@H]1C(=O)N2C(C(=O)O)=C([C@H]3CCCO3)CS[C@H]12)c1csc(N)n1. The fraction of sp³-hybridized carbons (Fsp3) is 0.471. The standard InChI is InChI=1S/C17H19N5O6S2/c1-27-21-10(8-6-30-17(18)19-8)13(23)20-11-14(24)22-12(16(25)26)7(5-29-15(11)22)9-3-2-4-28-9/h6,9,11,15H,2-5H2,1H3,(H2,18,19)(H,20,23)(H,25,26)/b21-10+/t9-,11-,15-/m1/s1. The van der Waals surface area contributed by atoms with Gasteiger partial charge in [-0.1, -0.05) is 5.16 Å². The molecule has 1 aromatic rings. The average molecular weight is 454 g/mol. The number of aromatic nitrogens is 1. The summed E-state index contributed by atoms with van der Waals surface area (Å²) >= 11 is 2.53. The number of hydrogen-bond acceptors (Lipinski definition) is 10. The van der Waals surface area contributed by atoms with Crippen molar-refractivity contribution in [2.45, 2.75) is 30.4 Å². The van der Waals surface area contributed by atoms with Crippen LogP contribution in [0.25, 0.3) is 0 Å². The molecule has 4 N–H and O–H groups in total. The molecule has 0 aromatic carbocycles. The zero-order valence-electron chi connectivity index (χ0n) is 15.9. The molecule has 3 atom stereocenters. The van der Waals surface area contributed by atoms with Gasteiger partial charge in [0.1, 0.15) is 29.9 Å². The van der Waals surface area contributed by atoms with Crippen LogP contribution in [0.2, 0.25) is 0 Å². The lowest BCUT2D eigenvalue weighted by Gasteiger charge is -2.49. The Balaban J connectivity index is 1.53. The summed E-state index contributed by atoms with van der Waals surface area (Å²) in [6, 6.07) is -0.888. The molecule has 3 aliphatic rings. The zero-order chi connectivity index (χ0) is 21.4. The monoisotopic (exact) mass is 453 g/mol. The molecule has 0 spiro atoms. The number of nitrogens with one attached hydrogen (secondary N) is 1. The van der Waals surface area contributed by atoms with Crippen molar-refractivity contribution in [2.75, 3.05) is 25.2 Å². The number of carboxylic acid groups (broad SMARTS) is 1. The predicted octanol–water partition coefficient (Wildman–Crippen LogP) is -0.00660. The number of amides is 2. The Hall–Kier alpha value is -2.64. The van der Waals surface area contributed by atoms with E-state index in [1.54, 1.807) is 5.38 Å². The van der Waals surface area contributed by atoms with Gasteiger partial charge in [0.15, 0.2) is 10.8 Å². The summed E-state index contributed by atoms with van der Waals surface area (Å²) in [6.07, 6.45) is 1.29. The third kappa shape index (κ3) is 3.52. The van der Waals surface area contributed by atoms with Crippen LogP contribution < -0.4 is 11.1 Å². The van der Waals surface area contributed by atoms with Crippen LogP contribution in [0.5, 0.6) is 0 Å². The molecule has 30 heavy (non-hydrogen) atoms. The van der Waals surface area contributed by atoms with Gasteiger partial charge in [-0.2, -0.15) is 0 Å². The normalized spacial score (nSPS) is 26.3. The second kappa shape index (κ2) is 8.24. The lowest BCUT2D eigenvalue weighted by atomic mass is 9.99. The van der Waals surface area contributed by atoms with Crippen molar-refractivity contribution >= 4 is 51.7 Å². The number of thioether (sulfide) groups is 1. The van der Waals surface area contributed by atoms with Gasteiger partial charge in [0.05, 0.1) is 6.10 Å². The number of thiazole rings is 1. The first-order valence-electron chi connectivity index (χ1n) is 9.08. The second-order valence-electron chi connectivity index (χ2n) is 6.74. The molecular formula is C17H19N5O6S2. The molecule has 2 saturated heterocycles. The zero-order valence-corrected chi connectivity index (χ0v) is 17.5. The largest absolute Gasteiger partial charge is 0.477 e. The number of β-lactam (4-membered cyclic amide) rings is 1. The number of nitrogens with two attached hydrogens (primary N) is 1. The molecule has 0 bridgehead atoms. The van der Waals surface area contributed by atoms with Crippen molar-refractivity contribution in [2.24, 2.45) is 5.16 Å². The minimum absolute atomic E-state index is 0.0424. The van der Waals surface area contributed by atoms with Crippen LogP contribution in [0.15, 0.2) is 21.8 Å². The Morgan fingerprint density at radius 1 is 1.50 bits per heavy atom. The third-order valence-corrected chi connectivity index (χ3v) is 6.94. The summed E-state index contributed by atoms with van der Waals surface area (Å²) in [4.78, 5) is 47.4. The number of aliphatic carboxylic acids is 1. The van der Waals surface area contributed by atoms with E-state index in [4.69, 9.17) is 15.3 Å². The Morgan fingerprint density at radius 2 is 2.30 bits per heavy atom. The highest BCUT2D eigenvalue weighted by Crippen LogP contribution is 2.42. The molecular weight excluding hydrogens is 434 g/mol. The summed E-state index contributed by atoms with van der Waals surface area (Å²) < 4.78 is 5.63. The van der Waals surface area contributed by atoms with Crippen LogP contribution in [-0.2, 0) is 24.0 Å². The number of oxime groups is 1. The summed E-state index contributed by atoms with van der Waals surface area (Å²) in [6.45, 7) is 0.574. The molecule has 0 radical (unpaired) electrons. The molecule has 4 rings (SSSR count). The maximum Gasteiger partial charge on any atom is 0.352 e. The molecule has 3 aliphatic heterocycles. The van der Waals surface area contributed by atoms with Gasteiger partial charge in [-0.25, -0.2) is 9.78 Å². The van der Waals surface area contributed by atoms with Crippen LogP contribution >= 0.6 is 23.1 Å². The van der Waals surface area contributed by atoms with E-state index >= 15 is 0 Å². The molecule has 160 valence electrons. The third-order valence-electron chi connectivity index (χ3n) is 4.97. The van der Waals surface area contributed by atoms with E-state index in [0.29, 0.717) is 17.9 Å². The number of fused-ring (bicyclic) bond motifs is 1. The fourth-order valence-corrected chi connectivity index (χ4v) is 5.60. The fourth-order valence-electron chi connectivity index (χ4n) is 3.64. The van der Waals surface area contributed by atoms with E-state index in [1.807, 2.05) is 0 Å². The summed E-state index contributed by atoms with van der Waals surface area (Å²) in [5.41, 5.74) is 6.29. The van der Waals surface area contributed by atoms with Crippen molar-refractivity contribution in [3.05, 3.63) is 22.3 Å². The molecule has 0 unspecified atom stereocenters. The van der Waals surface area contributed by atoms with Crippen LogP contribution in [0, 0.1) is 0 Å². The highest BCUT2D eigenvalue weighted by atomic mass is 32.2. The molecule has 11 nitrogen and oxygen atoms in total. The first-order chi connectivity index (χ1) is 14.4. The summed E-state index contributed by atoms with van der Waals surface area (Å²) in [7, 11) is 1.28. The molecule has 2 fully saturated rings. The molecule has 13 heteroatoms. The molecule has 1 aromatic heterocycles. The lowest BCUT2D eigenvalue weighted by molar-refractivity contribution is -0.150. The highest BCUT2D eigenvalue weighted by Gasteiger charge is 2.55. The number of ether oxygens (including phenoxy) is 1. The number of rotatable bonds is 6. The van der Waals surface area contributed by atoms with E-state index in [1.165, 1.54) is 23.8 Å². The van der Waals surface area contributed by atoms with Gasteiger partial charge in [-0.3, -0.25) is 14.5 Å². The van der Waals surface area contributed by atoms with Crippen LogP contribution in [-0.4, -0.2) is 75.5 Å². The molecule has 2 amide bonds. The Labute approximate surface area is 179 Å². The maximum atomic E-state index is 12.8. The number of nitrogen functional groups attached to an aromatic ring is 1. The lowest BCUT2D eigenvalue weighted by Crippen LogP contribution is -2.71. The Morgan fingerprint density at radius 3 is 2.90 bits per heavy atom. The van der Waals surface area contributed by atoms with Gasteiger partial charge < -0.3 is 25.7 Å². The van der Waals surface area contributed by atoms with Gasteiger partial charge in [0, 0.05) is 17.7 Å². The van der Waals surface area contributed by atoms with E-state index in [0.717, 1.165) is 24.2 Å². The highest BCUT2D eigenvalue weighted by molar-refractivity contribution is 8.00. The van der Waals surface area contributed by atoms with Crippen molar-refractivity contribution in [3.63, 3.8) is 0 Å².